The van der Waals surface area contributed by atoms with Crippen LogP contribution >= 0.6 is 0 Å². The van der Waals surface area contributed by atoms with Crippen molar-refractivity contribution in [3.05, 3.63) is 30.7 Å². The van der Waals surface area contributed by atoms with Crippen LogP contribution in [0, 0.1) is 0 Å². The standard InChI is InChI=1S/C9H10NO/c1-2-10-7-11-9-6-4-3-5-8(9)10/h3-7H,2H2,1H3/q+1. The van der Waals surface area contributed by atoms with E-state index in [-0.39, 0.29) is 0 Å². The zero-order valence-electron chi connectivity index (χ0n) is 6.45. The van der Waals surface area contributed by atoms with Gasteiger partial charge < -0.3 is 4.42 Å². The predicted molar refractivity (Wildman–Crippen MR) is 42.1 cm³/mol. The third-order valence-corrected chi connectivity index (χ3v) is 1.82. The van der Waals surface area contributed by atoms with Crippen LogP contribution in [0.1, 0.15) is 6.92 Å². The quantitative estimate of drug-likeness (QED) is 0.563. The predicted octanol–water partition coefficient (Wildman–Crippen LogP) is 1.74. The summed E-state index contributed by atoms with van der Waals surface area (Å²) in [7, 11) is 0. The molecule has 0 atom stereocenters. The van der Waals surface area contributed by atoms with Crippen LogP contribution in [0.3, 0.4) is 0 Å². The number of aromatic nitrogens is 1. The molecule has 0 unspecified atom stereocenters. The van der Waals surface area contributed by atoms with Crippen molar-refractivity contribution in [2.75, 3.05) is 0 Å². The van der Waals surface area contributed by atoms with E-state index in [4.69, 9.17) is 4.42 Å². The first-order chi connectivity index (χ1) is 5.42. The molecule has 0 amide bonds. The largest absolute Gasteiger partial charge is 0.404 e. The Morgan fingerprint density at radius 1 is 1.36 bits per heavy atom. The van der Waals surface area contributed by atoms with Crippen molar-refractivity contribution in [2.45, 2.75) is 13.5 Å². The highest BCUT2D eigenvalue weighted by Crippen LogP contribution is 2.08. The van der Waals surface area contributed by atoms with Gasteiger partial charge in [0.05, 0.1) is 0 Å². The Balaban J connectivity index is 2.76. The molecule has 2 heteroatoms. The first-order valence-electron chi connectivity index (χ1n) is 3.77. The minimum Gasteiger partial charge on any atom is -0.404 e. The third kappa shape index (κ3) is 0.909. The number of aryl methyl sites for hydroxylation is 1. The Morgan fingerprint density at radius 2 is 2.18 bits per heavy atom. The first-order valence-corrected chi connectivity index (χ1v) is 3.77. The number of nitrogens with zero attached hydrogens (tertiary/aromatic N) is 1. The van der Waals surface area contributed by atoms with Crippen LogP contribution in [-0.4, -0.2) is 0 Å². The minimum absolute atomic E-state index is 0.953. The Hall–Kier alpha value is -1.31. The van der Waals surface area contributed by atoms with Crippen LogP contribution in [-0.2, 0) is 6.54 Å². The van der Waals surface area contributed by atoms with E-state index in [9.17, 15) is 0 Å². The van der Waals surface area contributed by atoms with Crippen molar-refractivity contribution in [1.82, 2.24) is 0 Å². The lowest BCUT2D eigenvalue weighted by atomic mass is 10.3. The molecular formula is C9H10NO+. The van der Waals surface area contributed by atoms with E-state index in [0.29, 0.717) is 0 Å². The van der Waals surface area contributed by atoms with Gasteiger partial charge >= 0.3 is 6.39 Å². The normalized spacial score (nSPS) is 10.6. The van der Waals surface area contributed by atoms with E-state index in [1.807, 2.05) is 18.2 Å². The highest BCUT2D eigenvalue weighted by Gasteiger charge is 2.08. The Bertz CT molecular complexity index is 364. The fourth-order valence-corrected chi connectivity index (χ4v) is 1.22. The monoisotopic (exact) mass is 148 g/mol. The molecule has 0 radical (unpaired) electrons. The van der Waals surface area contributed by atoms with Crippen LogP contribution in [0.5, 0.6) is 0 Å². The van der Waals surface area contributed by atoms with Crippen molar-refractivity contribution in [1.29, 1.82) is 0 Å². The van der Waals surface area contributed by atoms with E-state index in [1.54, 1.807) is 6.39 Å². The van der Waals surface area contributed by atoms with Crippen molar-refractivity contribution >= 4 is 11.1 Å². The molecule has 0 spiro atoms. The van der Waals surface area contributed by atoms with E-state index in [2.05, 4.69) is 17.6 Å². The summed E-state index contributed by atoms with van der Waals surface area (Å²) in [5.41, 5.74) is 2.12. The summed E-state index contributed by atoms with van der Waals surface area (Å²) in [5, 5.41) is 0. The van der Waals surface area contributed by atoms with Crippen LogP contribution in [0.2, 0.25) is 0 Å². The fourth-order valence-electron chi connectivity index (χ4n) is 1.22. The minimum atomic E-state index is 0.953. The molecule has 56 valence electrons. The summed E-state index contributed by atoms with van der Waals surface area (Å²) in [6.45, 7) is 3.05. The molecule has 0 aliphatic carbocycles. The maximum absolute atomic E-state index is 5.30. The van der Waals surface area contributed by atoms with Gasteiger partial charge in [0.15, 0.2) is 0 Å². The summed E-state index contributed by atoms with van der Waals surface area (Å²) in [4.78, 5) is 0. The van der Waals surface area contributed by atoms with Crippen LogP contribution in [0.15, 0.2) is 35.1 Å². The molecule has 2 nitrogen and oxygen atoms in total. The molecule has 1 aromatic heterocycles. The average Bonchev–Trinajstić information content (AvgIpc) is 2.47. The van der Waals surface area contributed by atoms with Gasteiger partial charge in [-0.2, -0.15) is 4.57 Å². The molecule has 2 aromatic rings. The highest BCUT2D eigenvalue weighted by molar-refractivity contribution is 5.67. The lowest BCUT2D eigenvalue weighted by molar-refractivity contribution is -0.672. The molecule has 0 aliphatic heterocycles. The molecule has 0 fully saturated rings. The smallest absolute Gasteiger partial charge is 0.335 e. The molecule has 2 rings (SSSR count). The zero-order valence-corrected chi connectivity index (χ0v) is 6.45. The second-order valence-electron chi connectivity index (χ2n) is 2.48. The molecule has 1 heterocycles. The summed E-state index contributed by atoms with van der Waals surface area (Å²) in [6.07, 6.45) is 1.75. The zero-order chi connectivity index (χ0) is 7.68. The van der Waals surface area contributed by atoms with Crippen molar-refractivity contribution in [3.8, 4) is 0 Å². The Labute approximate surface area is 65.1 Å². The van der Waals surface area contributed by atoms with Crippen LogP contribution in [0.4, 0.5) is 0 Å². The van der Waals surface area contributed by atoms with Gasteiger partial charge in [-0.15, -0.1) is 0 Å². The molecule has 0 saturated carbocycles. The van der Waals surface area contributed by atoms with Crippen molar-refractivity contribution in [2.24, 2.45) is 0 Å². The molecule has 1 aromatic carbocycles. The SMILES string of the molecule is CC[n+]1coc2ccccc21. The second-order valence-corrected chi connectivity index (χ2v) is 2.48. The van der Waals surface area contributed by atoms with E-state index in [0.717, 1.165) is 17.6 Å². The summed E-state index contributed by atoms with van der Waals surface area (Å²) < 4.78 is 7.38. The van der Waals surface area contributed by atoms with Crippen molar-refractivity contribution in [3.63, 3.8) is 0 Å². The number of hydrogen-bond donors (Lipinski definition) is 0. The average molecular weight is 148 g/mol. The van der Waals surface area contributed by atoms with E-state index >= 15 is 0 Å². The maximum Gasteiger partial charge on any atom is 0.335 e. The third-order valence-electron chi connectivity index (χ3n) is 1.82. The van der Waals surface area contributed by atoms with Gasteiger partial charge in [0.2, 0.25) is 5.58 Å². The summed E-state index contributed by atoms with van der Waals surface area (Å²) in [5.74, 6) is 0. The van der Waals surface area contributed by atoms with Gasteiger partial charge in [-0.1, -0.05) is 12.1 Å². The van der Waals surface area contributed by atoms with Gasteiger partial charge in [0.1, 0.15) is 6.54 Å². The molecule has 11 heavy (non-hydrogen) atoms. The van der Waals surface area contributed by atoms with Gasteiger partial charge in [-0.25, -0.2) is 0 Å². The molecular weight excluding hydrogens is 138 g/mol. The Morgan fingerprint density at radius 3 is 3.00 bits per heavy atom. The maximum atomic E-state index is 5.30. The van der Waals surface area contributed by atoms with E-state index < -0.39 is 0 Å². The fraction of sp³-hybridized carbons (Fsp3) is 0.222. The van der Waals surface area contributed by atoms with Crippen molar-refractivity contribution < 1.29 is 8.98 Å². The van der Waals surface area contributed by atoms with Gasteiger partial charge in [0, 0.05) is 6.07 Å². The molecule has 0 N–H and O–H groups in total. The van der Waals surface area contributed by atoms with Gasteiger partial charge in [0.25, 0.3) is 5.52 Å². The highest BCUT2D eigenvalue weighted by atomic mass is 16.3. The molecule has 0 saturated heterocycles. The molecule has 0 aliphatic rings. The summed E-state index contributed by atoms with van der Waals surface area (Å²) in [6, 6.07) is 8.03. The number of benzene rings is 1. The second kappa shape index (κ2) is 2.38. The topological polar surface area (TPSA) is 17.0 Å². The van der Waals surface area contributed by atoms with Gasteiger partial charge in [-0.05, 0) is 13.0 Å². The lowest BCUT2D eigenvalue weighted by Gasteiger charge is -1.82. The lowest BCUT2D eigenvalue weighted by Crippen LogP contribution is -2.29. The Kier molecular flexibility index (Phi) is 1.39. The number of para-hydroxylation sites is 2. The van der Waals surface area contributed by atoms with E-state index in [1.165, 1.54) is 0 Å². The molecule has 0 bridgehead atoms. The number of fused-ring (bicyclic) bond motifs is 1. The number of oxazole rings is 1. The summed E-state index contributed by atoms with van der Waals surface area (Å²) >= 11 is 0. The number of rotatable bonds is 1. The first kappa shape index (κ1) is 6.40. The van der Waals surface area contributed by atoms with Gasteiger partial charge in [-0.3, -0.25) is 0 Å². The van der Waals surface area contributed by atoms with Crippen LogP contribution < -0.4 is 4.57 Å². The number of hydrogen-bond acceptors (Lipinski definition) is 1. The van der Waals surface area contributed by atoms with Crippen LogP contribution in [0.25, 0.3) is 11.1 Å².